The summed E-state index contributed by atoms with van der Waals surface area (Å²) in [6.45, 7) is 5.50. The summed E-state index contributed by atoms with van der Waals surface area (Å²) in [6, 6.07) is 0. The maximum Gasteiger partial charge on any atom is 0.133 e. The molecule has 0 aromatic carbocycles. The molecule has 1 saturated heterocycles. The van der Waals surface area contributed by atoms with Crippen LogP contribution in [0.4, 0.5) is 0 Å². The van der Waals surface area contributed by atoms with E-state index in [-0.39, 0.29) is 0 Å². The second-order valence-electron chi connectivity index (χ2n) is 3.56. The van der Waals surface area contributed by atoms with Crippen molar-refractivity contribution >= 4 is 6.29 Å². The van der Waals surface area contributed by atoms with Crippen LogP contribution in [0.25, 0.3) is 0 Å². The Morgan fingerprint density at radius 1 is 1.62 bits per heavy atom. The van der Waals surface area contributed by atoms with Crippen molar-refractivity contribution in [3.63, 3.8) is 0 Å². The number of hydrogen-bond donors (Lipinski definition) is 0. The van der Waals surface area contributed by atoms with Gasteiger partial charge < -0.3 is 9.53 Å². The topological polar surface area (TPSA) is 29.5 Å². The fourth-order valence-electron chi connectivity index (χ4n) is 1.70. The molecule has 0 saturated carbocycles. The Balaban J connectivity index is 2.20. The van der Waals surface area contributed by atoms with Gasteiger partial charge >= 0.3 is 0 Å². The van der Waals surface area contributed by atoms with Gasteiger partial charge in [-0.15, -0.1) is 0 Å². The molecule has 1 aliphatic rings. The average Bonchev–Trinajstić information content (AvgIpc) is 2.16. The Hall–Kier alpha value is -0.410. The highest BCUT2D eigenvalue weighted by atomic mass is 16.5. The largest absolute Gasteiger partial charge is 0.377 e. The van der Waals surface area contributed by atoms with E-state index >= 15 is 0 Å². The van der Waals surface area contributed by atoms with Crippen molar-refractivity contribution < 1.29 is 9.53 Å². The molecule has 13 heavy (non-hydrogen) atoms. The van der Waals surface area contributed by atoms with Crippen LogP contribution in [-0.2, 0) is 9.53 Å². The third-order valence-electron chi connectivity index (χ3n) is 2.35. The number of aldehydes is 1. The molecule has 3 heteroatoms. The molecule has 0 aromatic heterocycles. The lowest BCUT2D eigenvalue weighted by atomic mass is 10.1. The second-order valence-corrected chi connectivity index (χ2v) is 3.56. The van der Waals surface area contributed by atoms with Gasteiger partial charge in [0.15, 0.2) is 0 Å². The SMILES string of the molecule is CCCOC1CCCN(CC=O)C1. The smallest absolute Gasteiger partial charge is 0.133 e. The van der Waals surface area contributed by atoms with E-state index in [1.165, 1.54) is 0 Å². The molecular weight excluding hydrogens is 166 g/mol. The van der Waals surface area contributed by atoms with Crippen molar-refractivity contribution in [1.29, 1.82) is 0 Å². The number of carbonyl (C=O) groups excluding carboxylic acids is 1. The van der Waals surface area contributed by atoms with E-state index in [2.05, 4.69) is 11.8 Å². The Labute approximate surface area is 80.1 Å². The van der Waals surface area contributed by atoms with Gasteiger partial charge in [0, 0.05) is 13.2 Å². The molecule has 0 N–H and O–H groups in total. The van der Waals surface area contributed by atoms with Gasteiger partial charge in [0.05, 0.1) is 12.6 Å². The van der Waals surface area contributed by atoms with Crippen LogP contribution < -0.4 is 0 Å². The highest BCUT2D eigenvalue weighted by Crippen LogP contribution is 2.12. The maximum atomic E-state index is 10.3. The maximum absolute atomic E-state index is 10.3. The average molecular weight is 185 g/mol. The standard InChI is InChI=1S/C10H19NO2/c1-2-8-13-10-4-3-5-11(9-10)6-7-12/h7,10H,2-6,8-9H2,1H3. The first kappa shape index (κ1) is 10.7. The molecule has 0 radical (unpaired) electrons. The predicted octanol–water partition coefficient (Wildman–Crippen LogP) is 1.08. The van der Waals surface area contributed by atoms with Gasteiger partial charge in [-0.1, -0.05) is 6.92 Å². The third-order valence-corrected chi connectivity index (χ3v) is 2.35. The molecule has 0 bridgehead atoms. The molecule has 0 aliphatic carbocycles. The highest BCUT2D eigenvalue weighted by molar-refractivity contribution is 5.51. The van der Waals surface area contributed by atoms with E-state index in [1.54, 1.807) is 0 Å². The summed E-state index contributed by atoms with van der Waals surface area (Å²) < 4.78 is 5.65. The van der Waals surface area contributed by atoms with Crippen LogP contribution in [0, 0.1) is 0 Å². The van der Waals surface area contributed by atoms with Gasteiger partial charge in [-0.2, -0.15) is 0 Å². The zero-order valence-electron chi connectivity index (χ0n) is 8.37. The summed E-state index contributed by atoms with van der Waals surface area (Å²) in [7, 11) is 0. The molecule has 1 heterocycles. The monoisotopic (exact) mass is 185 g/mol. The number of hydrogen-bond acceptors (Lipinski definition) is 3. The van der Waals surface area contributed by atoms with E-state index in [4.69, 9.17) is 4.74 Å². The fraction of sp³-hybridized carbons (Fsp3) is 0.900. The predicted molar refractivity (Wildman–Crippen MR) is 51.8 cm³/mol. The zero-order valence-corrected chi connectivity index (χ0v) is 8.37. The fourth-order valence-corrected chi connectivity index (χ4v) is 1.70. The first-order chi connectivity index (χ1) is 6.36. The van der Waals surface area contributed by atoms with Crippen molar-refractivity contribution in [2.45, 2.75) is 32.3 Å². The second kappa shape index (κ2) is 6.11. The van der Waals surface area contributed by atoms with Crippen LogP contribution in [0.3, 0.4) is 0 Å². The Morgan fingerprint density at radius 3 is 3.15 bits per heavy atom. The number of nitrogens with zero attached hydrogens (tertiary/aromatic N) is 1. The van der Waals surface area contributed by atoms with Gasteiger partial charge in [-0.25, -0.2) is 0 Å². The molecule has 0 aromatic rings. The number of likely N-dealkylation sites (tertiary alicyclic amines) is 1. The van der Waals surface area contributed by atoms with Gasteiger partial charge in [0.2, 0.25) is 0 Å². The summed E-state index contributed by atoms with van der Waals surface area (Å²) in [6.07, 6.45) is 4.71. The van der Waals surface area contributed by atoms with Gasteiger partial charge in [0.25, 0.3) is 0 Å². The van der Waals surface area contributed by atoms with Crippen molar-refractivity contribution in [1.82, 2.24) is 4.90 Å². The molecule has 0 amide bonds. The molecule has 0 spiro atoms. The van der Waals surface area contributed by atoms with Crippen LogP contribution in [0.5, 0.6) is 0 Å². The van der Waals surface area contributed by atoms with E-state index in [0.29, 0.717) is 12.6 Å². The van der Waals surface area contributed by atoms with E-state index in [9.17, 15) is 4.79 Å². The summed E-state index contributed by atoms with van der Waals surface area (Å²) in [5.41, 5.74) is 0. The van der Waals surface area contributed by atoms with Gasteiger partial charge in [0.1, 0.15) is 6.29 Å². The molecular formula is C10H19NO2. The summed E-state index contributed by atoms with van der Waals surface area (Å²) in [4.78, 5) is 12.5. The number of rotatable bonds is 5. The van der Waals surface area contributed by atoms with Crippen LogP contribution in [0.1, 0.15) is 26.2 Å². The number of ether oxygens (including phenoxy) is 1. The lowest BCUT2D eigenvalue weighted by Gasteiger charge is -2.31. The highest BCUT2D eigenvalue weighted by Gasteiger charge is 2.19. The van der Waals surface area contributed by atoms with Crippen molar-refractivity contribution in [3.8, 4) is 0 Å². The molecule has 1 fully saturated rings. The summed E-state index contributed by atoms with van der Waals surface area (Å²) >= 11 is 0. The Bertz CT molecular complexity index is 150. The van der Waals surface area contributed by atoms with Crippen molar-refractivity contribution in [2.24, 2.45) is 0 Å². The number of piperidine rings is 1. The summed E-state index contributed by atoms with van der Waals surface area (Å²) in [5.74, 6) is 0. The van der Waals surface area contributed by atoms with Crippen LogP contribution >= 0.6 is 0 Å². The van der Waals surface area contributed by atoms with Crippen LogP contribution in [0.15, 0.2) is 0 Å². The molecule has 3 nitrogen and oxygen atoms in total. The Morgan fingerprint density at radius 2 is 2.46 bits per heavy atom. The molecule has 1 unspecified atom stereocenters. The Kier molecular flexibility index (Phi) is 5.01. The first-order valence-corrected chi connectivity index (χ1v) is 5.14. The quantitative estimate of drug-likeness (QED) is 0.600. The van der Waals surface area contributed by atoms with E-state index in [0.717, 1.165) is 45.2 Å². The minimum absolute atomic E-state index is 0.355. The van der Waals surface area contributed by atoms with Gasteiger partial charge in [-0.05, 0) is 25.8 Å². The lowest BCUT2D eigenvalue weighted by Crippen LogP contribution is -2.40. The number of carbonyl (C=O) groups is 1. The third kappa shape index (κ3) is 3.87. The minimum Gasteiger partial charge on any atom is -0.377 e. The minimum atomic E-state index is 0.355. The van der Waals surface area contributed by atoms with Crippen molar-refractivity contribution in [3.05, 3.63) is 0 Å². The lowest BCUT2D eigenvalue weighted by molar-refractivity contribution is -0.109. The molecule has 1 rings (SSSR count). The van der Waals surface area contributed by atoms with Crippen LogP contribution in [-0.4, -0.2) is 43.5 Å². The normalized spacial score (nSPS) is 24.5. The zero-order chi connectivity index (χ0) is 9.52. The van der Waals surface area contributed by atoms with Crippen LogP contribution in [0.2, 0.25) is 0 Å². The molecule has 1 aliphatic heterocycles. The first-order valence-electron chi connectivity index (χ1n) is 5.14. The van der Waals surface area contributed by atoms with E-state index < -0.39 is 0 Å². The molecule has 1 atom stereocenters. The summed E-state index contributed by atoms with van der Waals surface area (Å²) in [5, 5.41) is 0. The molecule has 76 valence electrons. The van der Waals surface area contributed by atoms with Gasteiger partial charge in [-0.3, -0.25) is 4.90 Å². The van der Waals surface area contributed by atoms with E-state index in [1.807, 2.05) is 0 Å². The van der Waals surface area contributed by atoms with Crippen molar-refractivity contribution in [2.75, 3.05) is 26.2 Å².